The molecule has 1 rings (SSSR count). The van der Waals surface area contributed by atoms with Gasteiger partial charge in [-0.05, 0) is 17.2 Å². The normalized spacial score (nSPS) is 13.1. The molecule has 0 aliphatic rings. The van der Waals surface area contributed by atoms with E-state index in [2.05, 4.69) is 33.4 Å². The van der Waals surface area contributed by atoms with Gasteiger partial charge in [0.15, 0.2) is 0 Å². The molecule has 1 atom stereocenters. The molecule has 0 fully saturated rings. The quantitative estimate of drug-likeness (QED) is 0.503. The molecule has 0 amide bonds. The Morgan fingerprint density at radius 2 is 2.11 bits per heavy atom. The highest BCUT2D eigenvalue weighted by Crippen LogP contribution is 2.36. The number of rotatable bonds is 5. The second kappa shape index (κ2) is 6.48. The van der Waals surface area contributed by atoms with Crippen LogP contribution in [0, 0.1) is 21.4 Å². The fourth-order valence-corrected chi connectivity index (χ4v) is 2.42. The van der Waals surface area contributed by atoms with Crippen molar-refractivity contribution in [1.29, 1.82) is 0 Å². The highest BCUT2D eigenvalue weighted by Gasteiger charge is 2.26. The number of nitro benzene ring substituents is 1. The molecule has 1 unspecified atom stereocenters. The molecule has 0 radical (unpaired) electrons. The zero-order valence-corrected chi connectivity index (χ0v) is 12.9. The molecule has 0 aliphatic heterocycles. The third kappa shape index (κ3) is 4.28. The van der Waals surface area contributed by atoms with Crippen molar-refractivity contribution in [3.63, 3.8) is 0 Å². The predicted octanol–water partition coefficient (Wildman–Crippen LogP) is 4.22. The van der Waals surface area contributed by atoms with E-state index in [1.54, 1.807) is 6.07 Å². The van der Waals surface area contributed by atoms with E-state index in [4.69, 9.17) is 16.3 Å². The van der Waals surface area contributed by atoms with Crippen LogP contribution in [0.3, 0.4) is 0 Å². The van der Waals surface area contributed by atoms with Crippen molar-refractivity contribution < 1.29 is 9.66 Å². The summed E-state index contributed by atoms with van der Waals surface area (Å²) in [6.45, 7) is 6.59. The number of para-hydroxylation sites is 1. The van der Waals surface area contributed by atoms with Gasteiger partial charge in [0.1, 0.15) is 0 Å². The lowest BCUT2D eigenvalue weighted by Crippen LogP contribution is -2.28. The fourth-order valence-electron chi connectivity index (χ4n) is 1.54. The van der Waals surface area contributed by atoms with Gasteiger partial charge in [-0.15, -0.1) is 0 Å². The SMILES string of the molecule is CC(C)(C)C(CS)COc1c(Cl)cccc1[N+](=O)[O-]. The first-order valence-corrected chi connectivity index (χ1v) is 6.95. The molecule has 0 saturated carbocycles. The average Bonchev–Trinajstić information content (AvgIpc) is 2.29. The summed E-state index contributed by atoms with van der Waals surface area (Å²) in [5.41, 5.74) is -0.100. The van der Waals surface area contributed by atoms with Crippen LogP contribution >= 0.6 is 24.2 Å². The van der Waals surface area contributed by atoms with Gasteiger partial charge in [-0.3, -0.25) is 10.1 Å². The molecule has 0 heterocycles. The first kappa shape index (κ1) is 16.1. The third-order valence-electron chi connectivity index (χ3n) is 3.02. The van der Waals surface area contributed by atoms with Gasteiger partial charge in [0, 0.05) is 12.0 Å². The van der Waals surface area contributed by atoms with Gasteiger partial charge in [0.2, 0.25) is 5.75 Å². The summed E-state index contributed by atoms with van der Waals surface area (Å²) < 4.78 is 5.59. The van der Waals surface area contributed by atoms with Crippen LogP contribution in [0.2, 0.25) is 5.02 Å². The summed E-state index contributed by atoms with van der Waals surface area (Å²) >= 11 is 10.3. The molecule has 6 heteroatoms. The van der Waals surface area contributed by atoms with Gasteiger partial charge >= 0.3 is 5.69 Å². The van der Waals surface area contributed by atoms with Crippen molar-refractivity contribution >= 4 is 29.9 Å². The van der Waals surface area contributed by atoms with Gasteiger partial charge in [0.05, 0.1) is 16.6 Å². The first-order valence-electron chi connectivity index (χ1n) is 5.94. The Labute approximate surface area is 123 Å². The van der Waals surface area contributed by atoms with Gasteiger partial charge in [-0.2, -0.15) is 12.6 Å². The number of halogens is 1. The molecule has 0 N–H and O–H groups in total. The monoisotopic (exact) mass is 303 g/mol. The minimum Gasteiger partial charge on any atom is -0.485 e. The number of hydrogen-bond acceptors (Lipinski definition) is 4. The van der Waals surface area contributed by atoms with Crippen molar-refractivity contribution in [1.82, 2.24) is 0 Å². The van der Waals surface area contributed by atoms with E-state index in [9.17, 15) is 10.1 Å². The fraction of sp³-hybridized carbons (Fsp3) is 0.538. The number of hydrogen-bond donors (Lipinski definition) is 1. The van der Waals surface area contributed by atoms with E-state index in [-0.39, 0.29) is 27.8 Å². The summed E-state index contributed by atoms with van der Waals surface area (Å²) in [4.78, 5) is 10.4. The average molecular weight is 304 g/mol. The maximum absolute atomic E-state index is 10.9. The molecule has 0 saturated heterocycles. The molecule has 4 nitrogen and oxygen atoms in total. The molecule has 0 aromatic heterocycles. The minimum atomic E-state index is -0.492. The highest BCUT2D eigenvalue weighted by atomic mass is 35.5. The summed E-state index contributed by atoms with van der Waals surface area (Å²) in [6.07, 6.45) is 0. The Hall–Kier alpha value is -0.940. The van der Waals surface area contributed by atoms with Crippen LogP contribution in [0.4, 0.5) is 5.69 Å². The topological polar surface area (TPSA) is 52.4 Å². The van der Waals surface area contributed by atoms with E-state index < -0.39 is 4.92 Å². The number of nitrogens with zero attached hydrogens (tertiary/aromatic N) is 1. The highest BCUT2D eigenvalue weighted by molar-refractivity contribution is 7.80. The lowest BCUT2D eigenvalue weighted by molar-refractivity contribution is -0.385. The molecule has 19 heavy (non-hydrogen) atoms. The molecular formula is C13H18ClNO3S. The van der Waals surface area contributed by atoms with Gasteiger partial charge in [0.25, 0.3) is 0 Å². The van der Waals surface area contributed by atoms with Crippen LogP contribution in [-0.4, -0.2) is 17.3 Å². The van der Waals surface area contributed by atoms with E-state index >= 15 is 0 Å². The number of nitro groups is 1. The van der Waals surface area contributed by atoms with E-state index in [0.717, 1.165) is 0 Å². The lowest BCUT2D eigenvalue weighted by atomic mass is 9.82. The zero-order valence-electron chi connectivity index (χ0n) is 11.2. The molecule has 1 aromatic carbocycles. The van der Waals surface area contributed by atoms with Crippen LogP contribution in [0.1, 0.15) is 20.8 Å². The molecule has 106 valence electrons. The van der Waals surface area contributed by atoms with Crippen LogP contribution in [0.15, 0.2) is 18.2 Å². The lowest BCUT2D eigenvalue weighted by Gasteiger charge is -2.29. The number of thiol groups is 1. The standard InChI is InChI=1S/C13H18ClNO3S/c1-13(2,3)9(8-19)7-18-12-10(14)5-4-6-11(12)15(16)17/h4-6,9,19H,7-8H2,1-3H3. The van der Waals surface area contributed by atoms with Crippen molar-refractivity contribution in [3.05, 3.63) is 33.3 Å². The Morgan fingerprint density at radius 1 is 1.47 bits per heavy atom. The van der Waals surface area contributed by atoms with Crippen molar-refractivity contribution in [3.8, 4) is 5.75 Å². The number of ether oxygens (including phenoxy) is 1. The van der Waals surface area contributed by atoms with Gasteiger partial charge in [-0.25, -0.2) is 0 Å². The Kier molecular flexibility index (Phi) is 5.50. The Morgan fingerprint density at radius 3 is 2.58 bits per heavy atom. The van der Waals surface area contributed by atoms with Gasteiger partial charge < -0.3 is 4.74 Å². The first-order chi connectivity index (χ1) is 8.77. The van der Waals surface area contributed by atoms with Gasteiger partial charge in [-0.1, -0.05) is 38.4 Å². The Bertz CT molecular complexity index is 460. The Balaban J connectivity index is 2.91. The molecule has 1 aromatic rings. The van der Waals surface area contributed by atoms with Crippen LogP contribution in [-0.2, 0) is 0 Å². The zero-order chi connectivity index (χ0) is 14.6. The van der Waals surface area contributed by atoms with Crippen molar-refractivity contribution in [2.24, 2.45) is 11.3 Å². The third-order valence-corrected chi connectivity index (χ3v) is 3.76. The molecular weight excluding hydrogens is 286 g/mol. The van der Waals surface area contributed by atoms with Crippen LogP contribution < -0.4 is 4.74 Å². The largest absolute Gasteiger partial charge is 0.485 e. The summed E-state index contributed by atoms with van der Waals surface area (Å²) in [7, 11) is 0. The minimum absolute atomic E-state index is 0.0117. The molecule has 0 spiro atoms. The molecule has 0 aliphatic carbocycles. The predicted molar refractivity (Wildman–Crippen MR) is 80.4 cm³/mol. The second-order valence-corrected chi connectivity index (χ2v) is 6.17. The summed E-state index contributed by atoms with van der Waals surface area (Å²) in [6, 6.07) is 4.50. The van der Waals surface area contributed by atoms with Crippen molar-refractivity contribution in [2.75, 3.05) is 12.4 Å². The maximum Gasteiger partial charge on any atom is 0.312 e. The van der Waals surface area contributed by atoms with E-state index in [1.807, 2.05) is 0 Å². The smallest absolute Gasteiger partial charge is 0.312 e. The second-order valence-electron chi connectivity index (χ2n) is 5.40. The van der Waals surface area contributed by atoms with Crippen molar-refractivity contribution in [2.45, 2.75) is 20.8 Å². The maximum atomic E-state index is 10.9. The van der Waals surface area contributed by atoms with E-state index in [1.165, 1.54) is 12.1 Å². The van der Waals surface area contributed by atoms with E-state index in [0.29, 0.717) is 12.4 Å². The van der Waals surface area contributed by atoms with Crippen LogP contribution in [0.25, 0.3) is 0 Å². The van der Waals surface area contributed by atoms with Crippen LogP contribution in [0.5, 0.6) is 5.75 Å². The molecule has 0 bridgehead atoms. The summed E-state index contributed by atoms with van der Waals surface area (Å²) in [5, 5.41) is 11.2. The number of benzene rings is 1. The summed E-state index contributed by atoms with van der Waals surface area (Å²) in [5.74, 6) is 0.943.